The van der Waals surface area contributed by atoms with E-state index < -0.39 is 10.1 Å². The summed E-state index contributed by atoms with van der Waals surface area (Å²) in [6.45, 7) is 0.393. The summed E-state index contributed by atoms with van der Waals surface area (Å²) in [5.74, 6) is 0.454. The lowest BCUT2D eigenvalue weighted by Crippen LogP contribution is -2.17. The Morgan fingerprint density at radius 2 is 2.19 bits per heavy atom. The van der Waals surface area contributed by atoms with Crippen molar-refractivity contribution >= 4 is 21.6 Å². The zero-order valence-corrected chi connectivity index (χ0v) is 10.1. The number of aromatic nitrogens is 2. The summed E-state index contributed by atoms with van der Waals surface area (Å²) in [5, 5.41) is 4.03. The van der Waals surface area contributed by atoms with Gasteiger partial charge in [0, 0.05) is 20.6 Å². The van der Waals surface area contributed by atoms with Crippen LogP contribution in [0.2, 0.25) is 0 Å². The molecule has 0 aliphatic carbocycles. The van der Waals surface area contributed by atoms with Crippen LogP contribution < -0.4 is 10.6 Å². The minimum absolute atomic E-state index is 0.278. The molecule has 0 bridgehead atoms. The first-order chi connectivity index (χ1) is 7.31. The minimum Gasteiger partial charge on any atom is -0.394 e. The van der Waals surface area contributed by atoms with Crippen molar-refractivity contribution in [3.05, 3.63) is 6.20 Å². The van der Waals surface area contributed by atoms with Crippen LogP contribution in [0.1, 0.15) is 6.42 Å². The molecule has 3 N–H and O–H groups in total. The summed E-state index contributed by atoms with van der Waals surface area (Å²) in [6.07, 6.45) is 1.81. The minimum atomic E-state index is -3.91. The van der Waals surface area contributed by atoms with Gasteiger partial charge in [-0.2, -0.15) is 13.5 Å². The van der Waals surface area contributed by atoms with E-state index in [0.29, 0.717) is 18.7 Å². The molecule has 8 heteroatoms. The van der Waals surface area contributed by atoms with Crippen molar-refractivity contribution in [2.45, 2.75) is 13.0 Å². The number of nitrogen functional groups attached to an aromatic ring is 1. The van der Waals surface area contributed by atoms with Gasteiger partial charge in [0.2, 0.25) is 0 Å². The molecule has 0 aromatic carbocycles. The third kappa shape index (κ3) is 3.38. The molecule has 0 saturated heterocycles. The van der Waals surface area contributed by atoms with Crippen LogP contribution in [0.15, 0.2) is 6.20 Å². The maximum Gasteiger partial charge on any atom is 0.264 e. The molecule has 1 rings (SSSR count). The fourth-order valence-electron chi connectivity index (χ4n) is 1.44. The Balaban J connectivity index is 2.68. The van der Waals surface area contributed by atoms with Crippen molar-refractivity contribution in [3.8, 4) is 0 Å². The molecule has 1 heterocycles. The van der Waals surface area contributed by atoms with Gasteiger partial charge in [-0.1, -0.05) is 0 Å². The highest BCUT2D eigenvalue weighted by molar-refractivity contribution is 7.85. The highest BCUT2D eigenvalue weighted by atomic mass is 32.2. The molecule has 1 aromatic heterocycles. The number of anilines is 2. The third-order valence-corrected chi connectivity index (χ3v) is 2.84. The second-order valence-corrected chi connectivity index (χ2v) is 5.25. The number of rotatable bonds is 5. The van der Waals surface area contributed by atoms with E-state index in [9.17, 15) is 8.42 Å². The van der Waals surface area contributed by atoms with Crippen molar-refractivity contribution in [1.29, 1.82) is 0 Å². The molecule has 0 spiro atoms. The molecule has 0 amide bonds. The number of aryl methyl sites for hydroxylation is 1. The first kappa shape index (κ1) is 12.8. The van der Waals surface area contributed by atoms with Crippen LogP contribution in [0.3, 0.4) is 0 Å². The van der Waals surface area contributed by atoms with Crippen molar-refractivity contribution in [1.82, 2.24) is 9.78 Å². The van der Waals surface area contributed by atoms with Crippen molar-refractivity contribution < 1.29 is 13.0 Å². The predicted molar refractivity (Wildman–Crippen MR) is 62.0 cm³/mol. The summed E-state index contributed by atoms with van der Waals surface area (Å²) in [5.41, 5.74) is 6.25. The maximum atomic E-state index is 10.5. The smallest absolute Gasteiger partial charge is 0.264 e. The van der Waals surface area contributed by atoms with Crippen LogP contribution in [0.25, 0.3) is 0 Å². The van der Waals surface area contributed by atoms with E-state index in [0.717, 1.165) is 5.82 Å². The number of hydrogen-bond acceptors (Lipinski definition) is 5. The quantitative estimate of drug-likeness (QED) is 0.700. The van der Waals surface area contributed by atoms with Gasteiger partial charge in [-0.05, 0) is 6.42 Å². The molecule has 7 nitrogen and oxygen atoms in total. The third-order valence-electron chi connectivity index (χ3n) is 2.03. The van der Waals surface area contributed by atoms with Gasteiger partial charge in [0.05, 0.1) is 17.6 Å². The molecule has 92 valence electrons. The van der Waals surface area contributed by atoms with E-state index in [4.69, 9.17) is 10.3 Å². The van der Waals surface area contributed by atoms with E-state index in [-0.39, 0.29) is 5.75 Å². The standard InChI is InChI=1S/C8H16N4O3S/c1-11(2)8-7(9)6-10-12(8)4-3-5-16(13,14)15/h6H,3-5,9H2,1-2H3,(H,13,14,15). The Hall–Kier alpha value is -1.28. The Morgan fingerprint density at radius 1 is 1.56 bits per heavy atom. The lowest BCUT2D eigenvalue weighted by atomic mass is 10.4. The SMILES string of the molecule is CN(C)c1c(N)cnn1CCCS(=O)(=O)O. The van der Waals surface area contributed by atoms with Crippen molar-refractivity contribution in [2.24, 2.45) is 0 Å². The van der Waals surface area contributed by atoms with Crippen LogP contribution in [0, 0.1) is 0 Å². The maximum absolute atomic E-state index is 10.5. The zero-order chi connectivity index (χ0) is 12.3. The number of hydrogen-bond donors (Lipinski definition) is 2. The van der Waals surface area contributed by atoms with Crippen LogP contribution in [-0.2, 0) is 16.7 Å². The summed E-state index contributed by atoms with van der Waals surface area (Å²) in [4.78, 5) is 1.80. The van der Waals surface area contributed by atoms with Crippen LogP contribution in [0.4, 0.5) is 11.5 Å². The molecule has 0 aliphatic rings. The van der Waals surface area contributed by atoms with Crippen LogP contribution in [-0.4, -0.2) is 42.6 Å². The lowest BCUT2D eigenvalue weighted by molar-refractivity contribution is 0.476. The second-order valence-electron chi connectivity index (χ2n) is 3.68. The van der Waals surface area contributed by atoms with Gasteiger partial charge >= 0.3 is 0 Å². The number of nitrogens with zero attached hydrogens (tertiary/aromatic N) is 3. The van der Waals surface area contributed by atoms with Crippen molar-refractivity contribution in [3.63, 3.8) is 0 Å². The number of nitrogens with two attached hydrogens (primary N) is 1. The van der Waals surface area contributed by atoms with Gasteiger partial charge in [-0.3, -0.25) is 4.55 Å². The first-order valence-corrected chi connectivity index (χ1v) is 6.36. The van der Waals surface area contributed by atoms with Crippen LogP contribution >= 0.6 is 0 Å². The van der Waals surface area contributed by atoms with Crippen LogP contribution in [0.5, 0.6) is 0 Å². The first-order valence-electron chi connectivity index (χ1n) is 4.75. The summed E-state index contributed by atoms with van der Waals surface area (Å²) >= 11 is 0. The molecule has 0 radical (unpaired) electrons. The average Bonchev–Trinajstić information content (AvgIpc) is 2.44. The van der Waals surface area contributed by atoms with Gasteiger partial charge in [0.15, 0.2) is 0 Å². The van der Waals surface area contributed by atoms with Crippen molar-refractivity contribution in [2.75, 3.05) is 30.5 Å². The normalized spacial score (nSPS) is 11.7. The Kier molecular flexibility index (Phi) is 3.76. The van der Waals surface area contributed by atoms with E-state index >= 15 is 0 Å². The summed E-state index contributed by atoms with van der Waals surface area (Å²) in [7, 11) is -0.254. The molecule has 0 atom stereocenters. The van der Waals surface area contributed by atoms with Gasteiger partial charge in [-0.15, -0.1) is 0 Å². The highest BCUT2D eigenvalue weighted by Crippen LogP contribution is 2.20. The van der Waals surface area contributed by atoms with E-state index in [2.05, 4.69) is 5.10 Å². The molecule has 1 aromatic rings. The molecular weight excluding hydrogens is 232 g/mol. The molecule has 0 saturated carbocycles. The monoisotopic (exact) mass is 248 g/mol. The Morgan fingerprint density at radius 3 is 2.69 bits per heavy atom. The zero-order valence-electron chi connectivity index (χ0n) is 9.29. The molecule has 16 heavy (non-hydrogen) atoms. The topological polar surface area (TPSA) is 101 Å². The summed E-state index contributed by atoms with van der Waals surface area (Å²) < 4.78 is 31.3. The van der Waals surface area contributed by atoms with E-state index in [1.165, 1.54) is 6.20 Å². The molecular formula is C8H16N4O3S. The molecule has 0 aliphatic heterocycles. The lowest BCUT2D eigenvalue weighted by Gasteiger charge is -2.15. The fourth-order valence-corrected chi connectivity index (χ4v) is 1.94. The average molecular weight is 248 g/mol. The Labute approximate surface area is 94.6 Å². The van der Waals surface area contributed by atoms with Gasteiger partial charge in [0.25, 0.3) is 10.1 Å². The fraction of sp³-hybridized carbons (Fsp3) is 0.625. The highest BCUT2D eigenvalue weighted by Gasteiger charge is 2.11. The van der Waals surface area contributed by atoms with Gasteiger partial charge < -0.3 is 10.6 Å². The summed E-state index contributed by atoms with van der Waals surface area (Å²) in [6, 6.07) is 0. The Bertz CT molecular complexity index is 452. The van der Waals surface area contributed by atoms with Gasteiger partial charge in [0.1, 0.15) is 5.82 Å². The molecule has 0 fully saturated rings. The largest absolute Gasteiger partial charge is 0.394 e. The second kappa shape index (κ2) is 4.71. The van der Waals surface area contributed by atoms with E-state index in [1.807, 2.05) is 14.1 Å². The predicted octanol–water partition coefficient (Wildman–Crippen LogP) is -0.191. The van der Waals surface area contributed by atoms with E-state index in [1.54, 1.807) is 9.58 Å². The van der Waals surface area contributed by atoms with Gasteiger partial charge in [-0.25, -0.2) is 4.68 Å². The molecule has 0 unspecified atom stereocenters.